The highest BCUT2D eigenvalue weighted by Crippen LogP contribution is 2.38. The maximum atomic E-state index is 13.9. The van der Waals surface area contributed by atoms with E-state index in [2.05, 4.69) is 4.72 Å². The second-order valence-corrected chi connectivity index (χ2v) is 8.50. The van der Waals surface area contributed by atoms with E-state index >= 15 is 0 Å². The predicted octanol–water partition coefficient (Wildman–Crippen LogP) is 4.83. The fraction of sp³-hybridized carbons (Fsp3) is 0.167. The number of ether oxygens (including phenoxy) is 4. The Morgan fingerprint density at radius 2 is 1.30 bits per heavy atom. The second kappa shape index (κ2) is 10.3. The molecule has 174 valence electrons. The molecule has 0 aliphatic carbocycles. The van der Waals surface area contributed by atoms with Gasteiger partial charge in [0, 0.05) is 5.69 Å². The van der Waals surface area contributed by atoms with E-state index in [9.17, 15) is 12.8 Å². The van der Waals surface area contributed by atoms with Crippen LogP contribution < -0.4 is 23.7 Å². The Labute approximate surface area is 192 Å². The van der Waals surface area contributed by atoms with Crippen LogP contribution in [0, 0.1) is 5.82 Å². The van der Waals surface area contributed by atoms with E-state index in [0.29, 0.717) is 22.9 Å². The van der Waals surface area contributed by atoms with Crippen molar-refractivity contribution in [3.63, 3.8) is 0 Å². The van der Waals surface area contributed by atoms with E-state index in [4.69, 9.17) is 18.9 Å². The van der Waals surface area contributed by atoms with Gasteiger partial charge in [0.15, 0.2) is 23.1 Å². The molecule has 3 aromatic rings. The number of nitrogens with one attached hydrogen (secondary N) is 1. The van der Waals surface area contributed by atoms with Gasteiger partial charge in [-0.2, -0.15) is 0 Å². The molecule has 9 heteroatoms. The van der Waals surface area contributed by atoms with Gasteiger partial charge in [-0.25, -0.2) is 12.8 Å². The molecule has 33 heavy (non-hydrogen) atoms. The van der Waals surface area contributed by atoms with Crippen LogP contribution in [0.4, 0.5) is 10.1 Å². The summed E-state index contributed by atoms with van der Waals surface area (Å²) in [5.74, 6) is 0.794. The molecule has 3 rings (SSSR count). The van der Waals surface area contributed by atoms with Gasteiger partial charge in [0.05, 0.1) is 33.3 Å². The largest absolute Gasteiger partial charge is 0.494 e. The van der Waals surface area contributed by atoms with Gasteiger partial charge < -0.3 is 18.9 Å². The number of anilines is 1. The van der Waals surface area contributed by atoms with E-state index < -0.39 is 15.8 Å². The molecular formula is C24H24FNO6S. The number of benzene rings is 3. The van der Waals surface area contributed by atoms with E-state index in [1.807, 2.05) is 24.3 Å². The smallest absolute Gasteiger partial charge is 0.262 e. The Morgan fingerprint density at radius 3 is 1.82 bits per heavy atom. The number of halogens is 1. The Hall–Kier alpha value is -3.72. The summed E-state index contributed by atoms with van der Waals surface area (Å²) in [5, 5.41) is 0. The number of methoxy groups -OCH3 is 4. The lowest BCUT2D eigenvalue weighted by Crippen LogP contribution is -2.13. The monoisotopic (exact) mass is 473 g/mol. The average molecular weight is 474 g/mol. The Bertz CT molecular complexity index is 1230. The summed E-state index contributed by atoms with van der Waals surface area (Å²) in [6.45, 7) is 0. The van der Waals surface area contributed by atoms with Crippen LogP contribution in [0.3, 0.4) is 0 Å². The van der Waals surface area contributed by atoms with Crippen LogP contribution in [-0.2, 0) is 10.0 Å². The molecule has 0 fully saturated rings. The lowest BCUT2D eigenvalue weighted by Gasteiger charge is -2.12. The van der Waals surface area contributed by atoms with Crippen molar-refractivity contribution < 1.29 is 31.8 Å². The van der Waals surface area contributed by atoms with Crippen LogP contribution in [0.15, 0.2) is 59.5 Å². The van der Waals surface area contributed by atoms with E-state index in [0.717, 1.165) is 17.2 Å². The van der Waals surface area contributed by atoms with Gasteiger partial charge in [0.25, 0.3) is 10.0 Å². The van der Waals surface area contributed by atoms with Gasteiger partial charge in [0.2, 0.25) is 5.75 Å². The molecule has 1 N–H and O–H groups in total. The highest BCUT2D eigenvalue weighted by Gasteiger charge is 2.17. The molecule has 0 bridgehead atoms. The van der Waals surface area contributed by atoms with Crippen molar-refractivity contribution in [3.8, 4) is 23.0 Å². The zero-order chi connectivity index (χ0) is 24.0. The van der Waals surface area contributed by atoms with Crippen LogP contribution in [0.1, 0.15) is 11.1 Å². The average Bonchev–Trinajstić information content (AvgIpc) is 2.82. The molecule has 0 amide bonds. The summed E-state index contributed by atoms with van der Waals surface area (Å²) in [6.07, 6.45) is 3.72. The quantitative estimate of drug-likeness (QED) is 0.448. The first-order chi connectivity index (χ1) is 15.8. The summed E-state index contributed by atoms with van der Waals surface area (Å²) >= 11 is 0. The first kappa shape index (κ1) is 23.9. The Kier molecular flexibility index (Phi) is 7.44. The van der Waals surface area contributed by atoms with Gasteiger partial charge >= 0.3 is 0 Å². The van der Waals surface area contributed by atoms with Crippen LogP contribution in [0.5, 0.6) is 23.0 Å². The van der Waals surface area contributed by atoms with Crippen molar-refractivity contribution in [2.75, 3.05) is 33.2 Å². The third-order valence-electron chi connectivity index (χ3n) is 4.75. The van der Waals surface area contributed by atoms with Gasteiger partial charge in [-0.05, 0) is 53.6 Å². The molecule has 0 unspecified atom stereocenters. The minimum Gasteiger partial charge on any atom is -0.494 e. The van der Waals surface area contributed by atoms with Crippen molar-refractivity contribution in [2.45, 2.75) is 4.90 Å². The van der Waals surface area contributed by atoms with Crippen molar-refractivity contribution in [1.29, 1.82) is 0 Å². The van der Waals surface area contributed by atoms with Crippen molar-refractivity contribution >= 4 is 27.9 Å². The number of hydrogen-bond donors (Lipinski definition) is 1. The highest BCUT2D eigenvalue weighted by molar-refractivity contribution is 7.92. The maximum absolute atomic E-state index is 13.9. The lowest BCUT2D eigenvalue weighted by atomic mass is 10.1. The number of hydrogen-bond acceptors (Lipinski definition) is 6. The molecule has 0 aromatic heterocycles. The molecule has 0 aliphatic rings. The van der Waals surface area contributed by atoms with Crippen molar-refractivity contribution in [1.82, 2.24) is 0 Å². The lowest BCUT2D eigenvalue weighted by molar-refractivity contribution is 0.324. The van der Waals surface area contributed by atoms with Crippen LogP contribution in [-0.4, -0.2) is 36.9 Å². The van der Waals surface area contributed by atoms with Crippen LogP contribution >= 0.6 is 0 Å². The SMILES string of the molecule is COc1ccc(S(=O)(=O)Nc2ccc(/C=C\c3cc(OC)c(OC)c(OC)c3)cc2)cc1F. The van der Waals surface area contributed by atoms with Gasteiger partial charge in [-0.3, -0.25) is 4.72 Å². The first-order valence-corrected chi connectivity index (χ1v) is 11.2. The summed E-state index contributed by atoms with van der Waals surface area (Å²) in [7, 11) is 1.99. The fourth-order valence-corrected chi connectivity index (χ4v) is 4.15. The Morgan fingerprint density at radius 1 is 0.727 bits per heavy atom. The summed E-state index contributed by atoms with van der Waals surface area (Å²) < 4.78 is 62.3. The molecule has 0 saturated carbocycles. The molecule has 0 heterocycles. The predicted molar refractivity (Wildman–Crippen MR) is 125 cm³/mol. The molecule has 7 nitrogen and oxygen atoms in total. The zero-order valence-corrected chi connectivity index (χ0v) is 19.4. The summed E-state index contributed by atoms with van der Waals surface area (Å²) in [4.78, 5) is -0.202. The standard InChI is InChI=1S/C24H24FNO6S/c1-29-21-12-11-19(15-20(21)25)33(27,28)26-18-9-7-16(8-10-18)5-6-17-13-22(30-2)24(32-4)23(14-17)31-3/h5-15,26H,1-4H3/b6-5-. The van der Waals surface area contributed by atoms with Crippen LogP contribution in [0.2, 0.25) is 0 Å². The Balaban J connectivity index is 1.77. The summed E-state index contributed by atoms with van der Waals surface area (Å²) in [6, 6.07) is 13.8. The van der Waals surface area contributed by atoms with Crippen molar-refractivity contribution in [2.24, 2.45) is 0 Å². The topological polar surface area (TPSA) is 83.1 Å². The number of sulfonamides is 1. The highest BCUT2D eigenvalue weighted by atomic mass is 32.2. The molecule has 0 spiro atoms. The first-order valence-electron chi connectivity index (χ1n) is 9.75. The fourth-order valence-electron chi connectivity index (χ4n) is 3.08. The molecule has 0 radical (unpaired) electrons. The summed E-state index contributed by atoms with van der Waals surface area (Å²) in [5.41, 5.74) is 2.01. The van der Waals surface area contributed by atoms with Crippen LogP contribution in [0.25, 0.3) is 12.2 Å². The third kappa shape index (κ3) is 5.56. The van der Waals surface area contributed by atoms with Gasteiger partial charge in [0.1, 0.15) is 0 Å². The van der Waals surface area contributed by atoms with E-state index in [1.54, 1.807) is 38.5 Å². The minimum atomic E-state index is -3.95. The molecule has 0 aliphatic heterocycles. The molecular weight excluding hydrogens is 449 g/mol. The van der Waals surface area contributed by atoms with E-state index in [1.165, 1.54) is 26.4 Å². The minimum absolute atomic E-state index is 0.0304. The molecule has 3 aromatic carbocycles. The molecule has 0 saturated heterocycles. The van der Waals surface area contributed by atoms with Gasteiger partial charge in [-0.1, -0.05) is 24.3 Å². The maximum Gasteiger partial charge on any atom is 0.262 e. The van der Waals surface area contributed by atoms with Crippen molar-refractivity contribution in [3.05, 3.63) is 71.5 Å². The normalized spacial score (nSPS) is 11.3. The second-order valence-electron chi connectivity index (χ2n) is 6.82. The van der Waals surface area contributed by atoms with E-state index in [-0.39, 0.29) is 10.6 Å². The number of rotatable bonds is 9. The van der Waals surface area contributed by atoms with Gasteiger partial charge in [-0.15, -0.1) is 0 Å². The third-order valence-corrected chi connectivity index (χ3v) is 6.13. The molecule has 0 atom stereocenters. The zero-order valence-electron chi connectivity index (χ0n) is 18.6.